The number of aryl methyl sites for hydroxylation is 2. The molecule has 0 aliphatic heterocycles. The van der Waals surface area contributed by atoms with Gasteiger partial charge < -0.3 is 15.0 Å². The maximum atomic E-state index is 12.3. The molecule has 130 valence electrons. The Kier molecular flexibility index (Phi) is 5.98. The Morgan fingerprint density at radius 3 is 2.62 bits per heavy atom. The van der Waals surface area contributed by atoms with Crippen LogP contribution in [0.4, 0.5) is 0 Å². The van der Waals surface area contributed by atoms with Gasteiger partial charge in [0, 0.05) is 17.8 Å². The number of para-hydroxylation sites is 1. The Labute approximate surface area is 143 Å². The second kappa shape index (κ2) is 7.97. The van der Waals surface area contributed by atoms with Crippen molar-refractivity contribution in [2.75, 3.05) is 27.7 Å². The van der Waals surface area contributed by atoms with Crippen LogP contribution >= 0.6 is 0 Å². The topological polar surface area (TPSA) is 59.4 Å². The lowest BCUT2D eigenvalue weighted by Crippen LogP contribution is -2.36. The maximum absolute atomic E-state index is 12.3. The predicted molar refractivity (Wildman–Crippen MR) is 94.1 cm³/mol. The molecule has 0 radical (unpaired) electrons. The van der Waals surface area contributed by atoms with Crippen LogP contribution in [0.2, 0.25) is 0 Å². The third-order valence-electron chi connectivity index (χ3n) is 4.01. The fourth-order valence-corrected chi connectivity index (χ4v) is 2.75. The highest BCUT2D eigenvalue weighted by Gasteiger charge is 2.19. The average molecular weight is 330 g/mol. The third-order valence-corrected chi connectivity index (χ3v) is 4.01. The number of carbonyl (C=O) groups excluding carboxylic acids is 1. The van der Waals surface area contributed by atoms with Crippen LogP contribution in [0.3, 0.4) is 0 Å². The molecule has 0 aliphatic carbocycles. The van der Waals surface area contributed by atoms with E-state index in [0.717, 1.165) is 22.7 Å². The molecule has 1 unspecified atom stereocenters. The SMILES string of the molecule is COc1ccccc1C(CNC(=O)Cn1nc(C)cc1C)N(C)C. The summed E-state index contributed by atoms with van der Waals surface area (Å²) in [5.41, 5.74) is 2.95. The smallest absolute Gasteiger partial charge is 0.241 e. The lowest BCUT2D eigenvalue weighted by atomic mass is 10.0. The molecule has 24 heavy (non-hydrogen) atoms. The highest BCUT2D eigenvalue weighted by molar-refractivity contribution is 5.75. The number of rotatable bonds is 7. The Bertz CT molecular complexity index is 694. The van der Waals surface area contributed by atoms with Crippen molar-refractivity contribution < 1.29 is 9.53 Å². The number of likely N-dealkylation sites (N-methyl/N-ethyl adjacent to an activating group) is 1. The molecule has 2 aromatic rings. The normalized spacial score (nSPS) is 12.2. The highest BCUT2D eigenvalue weighted by Crippen LogP contribution is 2.27. The van der Waals surface area contributed by atoms with Gasteiger partial charge in [0.2, 0.25) is 5.91 Å². The van der Waals surface area contributed by atoms with Crippen LogP contribution < -0.4 is 10.1 Å². The predicted octanol–water partition coefficient (Wildman–Crippen LogP) is 1.93. The fraction of sp³-hybridized carbons (Fsp3) is 0.444. The van der Waals surface area contributed by atoms with Crippen molar-refractivity contribution in [2.45, 2.75) is 26.4 Å². The zero-order valence-corrected chi connectivity index (χ0v) is 15.0. The quantitative estimate of drug-likeness (QED) is 0.843. The van der Waals surface area contributed by atoms with Crippen LogP contribution in [-0.4, -0.2) is 48.3 Å². The fourth-order valence-electron chi connectivity index (χ4n) is 2.75. The Morgan fingerprint density at radius 2 is 2.04 bits per heavy atom. The molecule has 1 aromatic carbocycles. The third kappa shape index (κ3) is 4.35. The van der Waals surface area contributed by atoms with Crippen LogP contribution in [0.15, 0.2) is 30.3 Å². The summed E-state index contributed by atoms with van der Waals surface area (Å²) in [6, 6.07) is 9.87. The zero-order valence-electron chi connectivity index (χ0n) is 15.0. The molecule has 1 N–H and O–H groups in total. The number of carbonyl (C=O) groups is 1. The minimum absolute atomic E-state index is 0.0329. The Balaban J connectivity index is 2.03. The largest absolute Gasteiger partial charge is 0.496 e. The zero-order chi connectivity index (χ0) is 17.7. The van der Waals surface area contributed by atoms with Gasteiger partial charge in [-0.1, -0.05) is 18.2 Å². The summed E-state index contributed by atoms with van der Waals surface area (Å²) >= 11 is 0. The minimum Gasteiger partial charge on any atom is -0.496 e. The molecular weight excluding hydrogens is 304 g/mol. The van der Waals surface area contributed by atoms with Crippen molar-refractivity contribution in [3.63, 3.8) is 0 Å². The van der Waals surface area contributed by atoms with E-state index in [-0.39, 0.29) is 18.5 Å². The van der Waals surface area contributed by atoms with E-state index in [4.69, 9.17) is 4.74 Å². The summed E-state index contributed by atoms with van der Waals surface area (Å²) in [5, 5.41) is 7.33. The van der Waals surface area contributed by atoms with Gasteiger partial charge in [0.05, 0.1) is 18.8 Å². The summed E-state index contributed by atoms with van der Waals surface area (Å²) in [7, 11) is 5.64. The van der Waals surface area contributed by atoms with E-state index in [2.05, 4.69) is 15.3 Å². The Morgan fingerprint density at radius 1 is 1.33 bits per heavy atom. The molecule has 0 fully saturated rings. The van der Waals surface area contributed by atoms with Crippen LogP contribution in [-0.2, 0) is 11.3 Å². The molecule has 0 saturated heterocycles. The molecule has 0 saturated carbocycles. The van der Waals surface area contributed by atoms with Crippen molar-refractivity contribution in [3.05, 3.63) is 47.3 Å². The Hall–Kier alpha value is -2.34. The molecule has 1 amide bonds. The van der Waals surface area contributed by atoms with E-state index in [1.807, 2.05) is 58.3 Å². The average Bonchev–Trinajstić information content (AvgIpc) is 2.85. The lowest BCUT2D eigenvalue weighted by molar-refractivity contribution is -0.122. The molecule has 2 rings (SSSR count). The van der Waals surface area contributed by atoms with E-state index in [1.54, 1.807) is 11.8 Å². The van der Waals surface area contributed by atoms with Crippen molar-refractivity contribution in [1.29, 1.82) is 0 Å². The number of benzene rings is 1. The van der Waals surface area contributed by atoms with Crippen molar-refractivity contribution >= 4 is 5.91 Å². The highest BCUT2D eigenvalue weighted by atomic mass is 16.5. The number of hydrogen-bond acceptors (Lipinski definition) is 4. The molecule has 1 aromatic heterocycles. The summed E-state index contributed by atoms with van der Waals surface area (Å²) in [4.78, 5) is 14.3. The number of aromatic nitrogens is 2. The van der Waals surface area contributed by atoms with Gasteiger partial charge in [-0.3, -0.25) is 9.48 Å². The van der Waals surface area contributed by atoms with Gasteiger partial charge in [0.1, 0.15) is 12.3 Å². The number of amides is 1. The molecule has 0 bridgehead atoms. The number of ether oxygens (including phenoxy) is 1. The molecule has 0 aliphatic rings. The molecule has 0 spiro atoms. The number of methoxy groups -OCH3 is 1. The number of nitrogens with zero attached hydrogens (tertiary/aromatic N) is 3. The first kappa shape index (κ1) is 18.0. The van der Waals surface area contributed by atoms with Crippen molar-refractivity contribution in [1.82, 2.24) is 20.0 Å². The van der Waals surface area contributed by atoms with Gasteiger partial charge in [-0.05, 0) is 40.1 Å². The second-order valence-electron chi connectivity index (χ2n) is 6.11. The summed E-state index contributed by atoms with van der Waals surface area (Å²) in [6.45, 7) is 4.60. The van der Waals surface area contributed by atoms with E-state index in [9.17, 15) is 4.79 Å². The van der Waals surface area contributed by atoms with E-state index < -0.39 is 0 Å². The van der Waals surface area contributed by atoms with Crippen LogP contribution in [0.5, 0.6) is 5.75 Å². The van der Waals surface area contributed by atoms with Crippen molar-refractivity contribution in [3.8, 4) is 5.75 Å². The first-order valence-corrected chi connectivity index (χ1v) is 7.99. The first-order chi connectivity index (χ1) is 11.4. The maximum Gasteiger partial charge on any atom is 0.241 e. The lowest BCUT2D eigenvalue weighted by Gasteiger charge is -2.26. The summed E-state index contributed by atoms with van der Waals surface area (Å²) < 4.78 is 7.16. The molecule has 1 heterocycles. The van der Waals surface area contributed by atoms with Gasteiger partial charge >= 0.3 is 0 Å². The van der Waals surface area contributed by atoms with Gasteiger partial charge in [-0.2, -0.15) is 5.10 Å². The van der Waals surface area contributed by atoms with Crippen LogP contribution in [0, 0.1) is 13.8 Å². The van der Waals surface area contributed by atoms with Gasteiger partial charge in [-0.15, -0.1) is 0 Å². The first-order valence-electron chi connectivity index (χ1n) is 7.99. The second-order valence-corrected chi connectivity index (χ2v) is 6.11. The molecular formula is C18H26N4O2. The van der Waals surface area contributed by atoms with Gasteiger partial charge in [-0.25, -0.2) is 0 Å². The van der Waals surface area contributed by atoms with Crippen LogP contribution in [0.1, 0.15) is 23.0 Å². The monoisotopic (exact) mass is 330 g/mol. The number of nitrogens with one attached hydrogen (secondary N) is 1. The van der Waals surface area contributed by atoms with E-state index in [1.165, 1.54) is 0 Å². The van der Waals surface area contributed by atoms with Crippen molar-refractivity contribution in [2.24, 2.45) is 0 Å². The minimum atomic E-state index is -0.0528. The van der Waals surface area contributed by atoms with E-state index >= 15 is 0 Å². The van der Waals surface area contributed by atoms with Gasteiger partial charge in [0.25, 0.3) is 0 Å². The molecule has 1 atom stereocenters. The standard InChI is InChI=1S/C18H26N4O2/c1-13-10-14(2)22(20-13)12-18(23)19-11-16(21(3)4)15-8-6-7-9-17(15)24-5/h6-10,16H,11-12H2,1-5H3,(H,19,23). The summed E-state index contributed by atoms with van der Waals surface area (Å²) in [5.74, 6) is 0.770. The number of hydrogen-bond donors (Lipinski definition) is 1. The van der Waals surface area contributed by atoms with E-state index in [0.29, 0.717) is 6.54 Å². The summed E-state index contributed by atoms with van der Waals surface area (Å²) in [6.07, 6.45) is 0. The van der Waals surface area contributed by atoms with Gasteiger partial charge in [0.15, 0.2) is 0 Å². The molecule has 6 nitrogen and oxygen atoms in total. The molecule has 6 heteroatoms. The van der Waals surface area contributed by atoms with Crippen LogP contribution in [0.25, 0.3) is 0 Å².